The molecular formula is C11H12N2O3. The van der Waals surface area contributed by atoms with Gasteiger partial charge in [0.1, 0.15) is 11.6 Å². The lowest BCUT2D eigenvalue weighted by Crippen LogP contribution is -1.97. The first-order valence-corrected chi connectivity index (χ1v) is 4.95. The Bertz CT molecular complexity index is 545. The quantitative estimate of drug-likeness (QED) is 0.853. The summed E-state index contributed by atoms with van der Waals surface area (Å²) in [6, 6.07) is 3.43. The number of aromatic carboxylic acids is 1. The molecule has 0 saturated carbocycles. The average molecular weight is 220 g/mol. The van der Waals surface area contributed by atoms with Gasteiger partial charge in [0, 0.05) is 6.42 Å². The molecule has 2 heterocycles. The zero-order chi connectivity index (χ0) is 11.7. The Morgan fingerprint density at radius 3 is 2.88 bits per heavy atom. The number of aromatic nitrogens is 2. The van der Waals surface area contributed by atoms with Gasteiger partial charge in [-0.3, -0.25) is 4.40 Å². The van der Waals surface area contributed by atoms with Crippen molar-refractivity contribution in [2.24, 2.45) is 0 Å². The number of carboxylic acid groups (broad SMARTS) is 1. The van der Waals surface area contributed by atoms with E-state index in [1.54, 1.807) is 29.8 Å². The van der Waals surface area contributed by atoms with Crippen molar-refractivity contribution < 1.29 is 14.6 Å². The van der Waals surface area contributed by atoms with Gasteiger partial charge in [0.15, 0.2) is 5.69 Å². The van der Waals surface area contributed by atoms with Crippen LogP contribution < -0.4 is 4.74 Å². The van der Waals surface area contributed by atoms with Crippen LogP contribution in [0, 0.1) is 0 Å². The summed E-state index contributed by atoms with van der Waals surface area (Å²) in [5, 5.41) is 9.01. The molecule has 0 amide bonds. The lowest BCUT2D eigenvalue weighted by Gasteiger charge is -2.02. The highest BCUT2D eigenvalue weighted by Gasteiger charge is 2.15. The Labute approximate surface area is 92.3 Å². The number of hydrogen-bond acceptors (Lipinski definition) is 3. The maximum atomic E-state index is 11.0. The van der Waals surface area contributed by atoms with E-state index in [-0.39, 0.29) is 5.69 Å². The number of nitrogens with zero attached hydrogens (tertiary/aromatic N) is 2. The molecule has 5 nitrogen and oxygen atoms in total. The van der Waals surface area contributed by atoms with E-state index in [4.69, 9.17) is 9.84 Å². The molecule has 0 radical (unpaired) electrons. The highest BCUT2D eigenvalue weighted by atomic mass is 16.5. The third-order valence-electron chi connectivity index (χ3n) is 2.44. The Morgan fingerprint density at radius 1 is 1.56 bits per heavy atom. The number of carbonyl (C=O) groups is 1. The first-order valence-electron chi connectivity index (χ1n) is 4.95. The molecule has 2 aromatic heterocycles. The third-order valence-corrected chi connectivity index (χ3v) is 2.44. The van der Waals surface area contributed by atoms with Gasteiger partial charge in [0.2, 0.25) is 0 Å². The molecular weight excluding hydrogens is 208 g/mol. The van der Waals surface area contributed by atoms with Crippen molar-refractivity contribution in [3.05, 3.63) is 29.8 Å². The molecule has 84 valence electrons. The minimum Gasteiger partial charge on any atom is -0.495 e. The van der Waals surface area contributed by atoms with E-state index in [2.05, 4.69) is 4.98 Å². The van der Waals surface area contributed by atoms with E-state index < -0.39 is 5.97 Å². The second-order valence-corrected chi connectivity index (χ2v) is 3.36. The number of hydrogen-bond donors (Lipinski definition) is 1. The van der Waals surface area contributed by atoms with Crippen LogP contribution in [0.5, 0.6) is 5.75 Å². The Kier molecular flexibility index (Phi) is 2.52. The van der Waals surface area contributed by atoms with Crippen LogP contribution in [-0.4, -0.2) is 27.6 Å². The summed E-state index contributed by atoms with van der Waals surface area (Å²) in [6.07, 6.45) is 2.41. The van der Waals surface area contributed by atoms with E-state index in [9.17, 15) is 4.79 Å². The molecule has 0 aliphatic heterocycles. The van der Waals surface area contributed by atoms with Gasteiger partial charge in [-0.25, -0.2) is 9.78 Å². The minimum absolute atomic E-state index is 0.0829. The van der Waals surface area contributed by atoms with Crippen LogP contribution >= 0.6 is 0 Å². The van der Waals surface area contributed by atoms with Crippen LogP contribution in [0.3, 0.4) is 0 Å². The Balaban J connectivity index is 2.74. The highest BCUT2D eigenvalue weighted by molar-refractivity contribution is 5.93. The van der Waals surface area contributed by atoms with Gasteiger partial charge in [-0.2, -0.15) is 0 Å². The van der Waals surface area contributed by atoms with Gasteiger partial charge >= 0.3 is 5.97 Å². The largest absolute Gasteiger partial charge is 0.495 e. The number of ether oxygens (including phenoxy) is 1. The number of fused-ring (bicyclic) bond motifs is 1. The predicted octanol–water partition coefficient (Wildman–Crippen LogP) is 1.60. The summed E-state index contributed by atoms with van der Waals surface area (Å²) < 4.78 is 6.85. The van der Waals surface area contributed by atoms with Gasteiger partial charge < -0.3 is 9.84 Å². The Morgan fingerprint density at radius 2 is 2.31 bits per heavy atom. The van der Waals surface area contributed by atoms with E-state index in [0.717, 1.165) is 0 Å². The zero-order valence-corrected chi connectivity index (χ0v) is 9.10. The number of aryl methyl sites for hydroxylation is 1. The first kappa shape index (κ1) is 10.5. The van der Waals surface area contributed by atoms with Gasteiger partial charge in [0.05, 0.1) is 18.8 Å². The fourth-order valence-electron chi connectivity index (χ4n) is 1.66. The van der Waals surface area contributed by atoms with Crippen molar-refractivity contribution in [3.8, 4) is 5.75 Å². The number of carboxylic acids is 1. The summed E-state index contributed by atoms with van der Waals surface area (Å²) in [4.78, 5) is 15.1. The highest BCUT2D eigenvalue weighted by Crippen LogP contribution is 2.18. The van der Waals surface area contributed by atoms with E-state index in [1.165, 1.54) is 0 Å². The van der Waals surface area contributed by atoms with Crippen LogP contribution in [0.4, 0.5) is 0 Å². The summed E-state index contributed by atoms with van der Waals surface area (Å²) >= 11 is 0. The zero-order valence-electron chi connectivity index (χ0n) is 9.10. The number of pyridine rings is 1. The van der Waals surface area contributed by atoms with Gasteiger partial charge in [-0.15, -0.1) is 0 Å². The van der Waals surface area contributed by atoms with Crippen LogP contribution in [0.15, 0.2) is 18.3 Å². The minimum atomic E-state index is -1.01. The fourth-order valence-corrected chi connectivity index (χ4v) is 1.66. The number of rotatable bonds is 3. The van der Waals surface area contributed by atoms with Crippen molar-refractivity contribution in [1.82, 2.24) is 9.38 Å². The summed E-state index contributed by atoms with van der Waals surface area (Å²) in [5.41, 5.74) is 0.671. The molecule has 0 saturated heterocycles. The summed E-state index contributed by atoms with van der Waals surface area (Å²) in [6.45, 7) is 1.93. The SMILES string of the molecule is CCc1nc(C(=O)O)c2ccc(OC)cn12. The third kappa shape index (κ3) is 1.50. The predicted molar refractivity (Wildman–Crippen MR) is 58.1 cm³/mol. The molecule has 2 rings (SSSR count). The molecule has 0 atom stereocenters. The monoisotopic (exact) mass is 220 g/mol. The molecule has 0 aliphatic rings. The van der Waals surface area contributed by atoms with Crippen LogP contribution in [0.2, 0.25) is 0 Å². The van der Waals surface area contributed by atoms with Crippen molar-refractivity contribution in [3.63, 3.8) is 0 Å². The maximum absolute atomic E-state index is 11.0. The topological polar surface area (TPSA) is 63.8 Å². The normalized spacial score (nSPS) is 10.6. The van der Waals surface area contributed by atoms with E-state index in [0.29, 0.717) is 23.5 Å². The summed E-state index contributed by atoms with van der Waals surface area (Å²) in [7, 11) is 1.57. The maximum Gasteiger partial charge on any atom is 0.356 e. The standard InChI is InChI=1S/C11H12N2O3/c1-3-9-12-10(11(14)15)8-5-4-7(16-2)6-13(8)9/h4-6H,3H2,1-2H3,(H,14,15). The molecule has 0 aromatic carbocycles. The van der Waals surface area contributed by atoms with Gasteiger partial charge in [-0.1, -0.05) is 6.92 Å². The number of methoxy groups -OCH3 is 1. The summed E-state index contributed by atoms with van der Waals surface area (Å²) in [5.74, 6) is 0.380. The molecule has 2 aromatic rings. The second kappa shape index (κ2) is 3.84. The molecule has 5 heteroatoms. The molecule has 0 spiro atoms. The number of imidazole rings is 1. The first-order chi connectivity index (χ1) is 7.67. The molecule has 1 N–H and O–H groups in total. The van der Waals surface area contributed by atoms with Crippen LogP contribution in [0.1, 0.15) is 23.2 Å². The molecule has 16 heavy (non-hydrogen) atoms. The van der Waals surface area contributed by atoms with Gasteiger partial charge in [0.25, 0.3) is 0 Å². The van der Waals surface area contributed by atoms with E-state index in [1.807, 2.05) is 6.92 Å². The molecule has 0 unspecified atom stereocenters. The Hall–Kier alpha value is -2.04. The molecule has 0 aliphatic carbocycles. The average Bonchev–Trinajstić information content (AvgIpc) is 2.66. The molecule has 0 fully saturated rings. The lowest BCUT2D eigenvalue weighted by molar-refractivity contribution is 0.0693. The van der Waals surface area contributed by atoms with Crippen molar-refractivity contribution in [1.29, 1.82) is 0 Å². The smallest absolute Gasteiger partial charge is 0.356 e. The van der Waals surface area contributed by atoms with Gasteiger partial charge in [-0.05, 0) is 12.1 Å². The van der Waals surface area contributed by atoms with Crippen LogP contribution in [-0.2, 0) is 6.42 Å². The lowest BCUT2D eigenvalue weighted by atomic mass is 10.3. The van der Waals surface area contributed by atoms with E-state index >= 15 is 0 Å². The fraction of sp³-hybridized carbons (Fsp3) is 0.273. The van der Waals surface area contributed by atoms with Crippen molar-refractivity contribution >= 4 is 11.5 Å². The van der Waals surface area contributed by atoms with Crippen LogP contribution in [0.25, 0.3) is 5.52 Å². The van der Waals surface area contributed by atoms with Crippen molar-refractivity contribution in [2.75, 3.05) is 7.11 Å². The molecule has 0 bridgehead atoms. The second-order valence-electron chi connectivity index (χ2n) is 3.36. The van der Waals surface area contributed by atoms with Crippen molar-refractivity contribution in [2.45, 2.75) is 13.3 Å².